The van der Waals surface area contributed by atoms with Crippen molar-refractivity contribution in [1.29, 1.82) is 5.26 Å². The van der Waals surface area contributed by atoms with Crippen molar-refractivity contribution in [1.82, 2.24) is 14.1 Å². The fourth-order valence-corrected chi connectivity index (χ4v) is 3.91. The number of aromatic nitrogens is 2. The lowest BCUT2D eigenvalue weighted by Crippen LogP contribution is -2.32. The number of carboxylic acid groups (broad SMARTS) is 1. The van der Waals surface area contributed by atoms with Gasteiger partial charge in [-0.3, -0.25) is 9.48 Å². The van der Waals surface area contributed by atoms with Crippen molar-refractivity contribution in [3.05, 3.63) is 11.4 Å². The highest BCUT2D eigenvalue weighted by atomic mass is 32.2. The molecule has 1 heterocycles. The van der Waals surface area contributed by atoms with E-state index >= 15 is 0 Å². The summed E-state index contributed by atoms with van der Waals surface area (Å²) in [5.41, 5.74) is 0.537. The molecule has 0 fully saturated rings. The summed E-state index contributed by atoms with van der Waals surface area (Å²) in [6.07, 6.45) is 0.0917. The summed E-state index contributed by atoms with van der Waals surface area (Å²) < 4.78 is 27.6. The summed E-state index contributed by atoms with van der Waals surface area (Å²) in [4.78, 5) is 10.8. The first kappa shape index (κ1) is 17.1. The van der Waals surface area contributed by atoms with E-state index in [9.17, 15) is 13.2 Å². The number of aliphatic carboxylic acids is 1. The largest absolute Gasteiger partial charge is 0.480 e. The van der Waals surface area contributed by atoms with Crippen LogP contribution < -0.4 is 0 Å². The summed E-state index contributed by atoms with van der Waals surface area (Å²) in [6.45, 7) is 4.66. The van der Waals surface area contributed by atoms with Crippen LogP contribution in [0.25, 0.3) is 0 Å². The van der Waals surface area contributed by atoms with Gasteiger partial charge in [0.15, 0.2) is 0 Å². The maximum Gasteiger partial charge on any atom is 0.325 e. The number of carbonyl (C=O) groups is 1. The molecule has 0 radical (unpaired) electrons. The van der Waals surface area contributed by atoms with E-state index in [1.807, 2.05) is 6.07 Å². The number of hydrogen-bond acceptors (Lipinski definition) is 5. The number of aryl methyl sites for hydroxylation is 1. The summed E-state index contributed by atoms with van der Waals surface area (Å²) in [5.74, 6) is -1.10. The van der Waals surface area contributed by atoms with Gasteiger partial charge in [0.05, 0.1) is 17.5 Å². The second-order valence-electron chi connectivity index (χ2n) is 4.46. The highest BCUT2D eigenvalue weighted by molar-refractivity contribution is 7.89. The van der Waals surface area contributed by atoms with Gasteiger partial charge in [-0.1, -0.05) is 6.92 Å². The van der Waals surface area contributed by atoms with Gasteiger partial charge >= 0.3 is 5.97 Å². The maximum absolute atomic E-state index is 12.6. The minimum Gasteiger partial charge on any atom is -0.480 e. The first-order chi connectivity index (χ1) is 9.75. The summed E-state index contributed by atoms with van der Waals surface area (Å²) in [6, 6.07) is 1.91. The topological polar surface area (TPSA) is 116 Å². The number of nitrogens with zero attached hydrogens (tertiary/aromatic N) is 4. The molecule has 0 saturated carbocycles. The molecule has 116 valence electrons. The Kier molecular flexibility index (Phi) is 5.46. The molecule has 0 aliphatic carbocycles. The van der Waals surface area contributed by atoms with Gasteiger partial charge in [-0.2, -0.15) is 14.7 Å². The van der Waals surface area contributed by atoms with Gasteiger partial charge in [0.25, 0.3) is 0 Å². The Labute approximate surface area is 123 Å². The van der Waals surface area contributed by atoms with Gasteiger partial charge < -0.3 is 5.11 Å². The number of rotatable bonds is 7. The monoisotopic (exact) mass is 314 g/mol. The molecule has 0 saturated heterocycles. The zero-order chi connectivity index (χ0) is 16.2. The van der Waals surface area contributed by atoms with Gasteiger partial charge in [-0.25, -0.2) is 8.42 Å². The average Bonchev–Trinajstić information content (AvgIpc) is 2.64. The third-order valence-electron chi connectivity index (χ3n) is 3.02. The normalized spacial score (nSPS) is 11.6. The minimum absolute atomic E-state index is 0.0172. The number of carboxylic acids is 1. The quantitative estimate of drug-likeness (QED) is 0.783. The van der Waals surface area contributed by atoms with E-state index in [0.29, 0.717) is 0 Å². The van der Waals surface area contributed by atoms with Crippen molar-refractivity contribution < 1.29 is 18.3 Å². The molecule has 0 spiro atoms. The Morgan fingerprint density at radius 3 is 2.57 bits per heavy atom. The van der Waals surface area contributed by atoms with Crippen LogP contribution in [0.3, 0.4) is 0 Å². The second kappa shape index (κ2) is 6.69. The number of nitriles is 1. The first-order valence-electron chi connectivity index (χ1n) is 6.38. The maximum atomic E-state index is 12.6. The average molecular weight is 314 g/mol. The van der Waals surface area contributed by atoms with Crippen LogP contribution in [0.15, 0.2) is 4.90 Å². The van der Waals surface area contributed by atoms with Gasteiger partial charge in [-0.05, 0) is 13.8 Å². The van der Waals surface area contributed by atoms with Gasteiger partial charge in [-0.15, -0.1) is 0 Å². The van der Waals surface area contributed by atoms with E-state index in [2.05, 4.69) is 5.10 Å². The Hall–Kier alpha value is -1.92. The first-order valence-corrected chi connectivity index (χ1v) is 7.82. The third-order valence-corrected chi connectivity index (χ3v) is 5.25. The van der Waals surface area contributed by atoms with Crippen LogP contribution in [0.2, 0.25) is 0 Å². The lowest BCUT2D eigenvalue weighted by atomic mass is 10.4. The molecule has 1 N–H and O–H groups in total. The molecule has 8 nitrogen and oxygen atoms in total. The molecule has 0 atom stereocenters. The molecule has 1 rings (SSSR count). The zero-order valence-electron chi connectivity index (χ0n) is 12.2. The van der Waals surface area contributed by atoms with Crippen molar-refractivity contribution in [2.75, 3.05) is 13.1 Å². The predicted molar refractivity (Wildman–Crippen MR) is 74.0 cm³/mol. The highest BCUT2D eigenvalue weighted by Crippen LogP contribution is 2.23. The van der Waals surface area contributed by atoms with Crippen LogP contribution in [0, 0.1) is 25.2 Å². The molecule has 0 aromatic carbocycles. The highest BCUT2D eigenvalue weighted by Gasteiger charge is 2.30. The lowest BCUT2D eigenvalue weighted by Gasteiger charge is -2.19. The zero-order valence-corrected chi connectivity index (χ0v) is 13.0. The van der Waals surface area contributed by atoms with E-state index in [1.54, 1.807) is 6.92 Å². The second-order valence-corrected chi connectivity index (χ2v) is 6.33. The van der Waals surface area contributed by atoms with Crippen LogP contribution in [-0.2, 0) is 21.4 Å². The van der Waals surface area contributed by atoms with Crippen molar-refractivity contribution in [2.24, 2.45) is 0 Å². The van der Waals surface area contributed by atoms with Crippen molar-refractivity contribution in [2.45, 2.75) is 38.6 Å². The lowest BCUT2D eigenvalue weighted by molar-refractivity contribution is -0.137. The Morgan fingerprint density at radius 1 is 1.48 bits per heavy atom. The SMILES string of the molecule is CCN(CCC#N)S(=O)(=O)c1c(C)nn(CC(=O)O)c1C. The number of sulfonamides is 1. The van der Waals surface area contributed by atoms with Crippen LogP contribution in [0.1, 0.15) is 24.7 Å². The molecular weight excluding hydrogens is 296 g/mol. The summed E-state index contributed by atoms with van der Waals surface area (Å²) >= 11 is 0. The molecule has 0 unspecified atom stereocenters. The molecular formula is C12H18N4O4S. The molecule has 0 aliphatic rings. The van der Waals surface area contributed by atoms with E-state index in [-0.39, 0.29) is 35.8 Å². The molecule has 1 aromatic heterocycles. The molecule has 9 heteroatoms. The molecule has 0 aliphatic heterocycles. The van der Waals surface area contributed by atoms with E-state index in [0.717, 1.165) is 4.68 Å². The summed E-state index contributed by atoms with van der Waals surface area (Å²) in [7, 11) is -3.79. The molecule has 0 amide bonds. The van der Waals surface area contributed by atoms with Crippen LogP contribution in [0.4, 0.5) is 0 Å². The summed E-state index contributed by atoms with van der Waals surface area (Å²) in [5, 5.41) is 21.4. The van der Waals surface area contributed by atoms with Gasteiger partial charge in [0.1, 0.15) is 11.4 Å². The molecule has 21 heavy (non-hydrogen) atoms. The van der Waals surface area contributed by atoms with Crippen molar-refractivity contribution >= 4 is 16.0 Å². The minimum atomic E-state index is -3.79. The van der Waals surface area contributed by atoms with E-state index in [1.165, 1.54) is 18.2 Å². The Morgan fingerprint density at radius 2 is 2.10 bits per heavy atom. The Bertz CT molecular complexity index is 672. The van der Waals surface area contributed by atoms with Crippen LogP contribution >= 0.6 is 0 Å². The van der Waals surface area contributed by atoms with Crippen LogP contribution in [0.5, 0.6) is 0 Å². The van der Waals surface area contributed by atoms with Gasteiger partial charge in [0, 0.05) is 19.5 Å². The smallest absolute Gasteiger partial charge is 0.325 e. The fourth-order valence-electron chi connectivity index (χ4n) is 2.09. The standard InChI is InChI=1S/C12H18N4O4S/c1-4-15(7-5-6-13)21(19,20)12-9(2)14-16(10(12)3)8-11(17)18/h4-5,7-8H2,1-3H3,(H,17,18). The predicted octanol–water partition coefficient (Wildman–Crippen LogP) is 0.509. The fraction of sp³-hybridized carbons (Fsp3) is 0.583. The van der Waals surface area contributed by atoms with Crippen LogP contribution in [-0.4, -0.2) is 46.7 Å². The molecule has 1 aromatic rings. The van der Waals surface area contributed by atoms with Crippen molar-refractivity contribution in [3.8, 4) is 6.07 Å². The molecule has 0 bridgehead atoms. The van der Waals surface area contributed by atoms with Gasteiger partial charge in [0.2, 0.25) is 10.0 Å². The third kappa shape index (κ3) is 3.59. The Balaban J connectivity index is 3.28. The van der Waals surface area contributed by atoms with E-state index in [4.69, 9.17) is 10.4 Å². The number of hydrogen-bond donors (Lipinski definition) is 1. The van der Waals surface area contributed by atoms with Crippen molar-refractivity contribution in [3.63, 3.8) is 0 Å². The van der Waals surface area contributed by atoms with E-state index < -0.39 is 22.5 Å².